The number of hydrogen-bond donors (Lipinski definition) is 5. The number of aromatic hydroxyl groups is 1. The normalized spacial score (nSPS) is 26.0. The molecule has 0 radical (unpaired) electrons. The second-order valence-corrected chi connectivity index (χ2v) is 24.4. The molecule has 3 saturated heterocycles. The second-order valence-electron chi connectivity index (χ2n) is 24.4. The number of amides is 7. The van der Waals surface area contributed by atoms with E-state index in [1.54, 1.807) is 64.1 Å². The summed E-state index contributed by atoms with van der Waals surface area (Å²) in [6.07, 6.45) is -3.38. The summed E-state index contributed by atoms with van der Waals surface area (Å²) in [6, 6.07) is 4.42. The van der Waals surface area contributed by atoms with Crippen molar-refractivity contribution < 1.29 is 72.4 Å². The molecule has 3 fully saturated rings. The molecule has 3 aliphatic rings. The smallest absolute Gasteiger partial charge is 0.329 e. The van der Waals surface area contributed by atoms with Crippen LogP contribution in [-0.2, 0) is 70.3 Å². The zero-order valence-electron chi connectivity index (χ0n) is 51.3. The largest absolute Gasteiger partial charge is 0.508 e. The first-order chi connectivity index (χ1) is 39.5. The van der Waals surface area contributed by atoms with Gasteiger partial charge in [0, 0.05) is 40.0 Å². The number of aliphatic hydroxyl groups is 1. The molecular formula is C62H91N7O15. The highest BCUT2D eigenvalue weighted by molar-refractivity contribution is 6.05. The van der Waals surface area contributed by atoms with Crippen molar-refractivity contribution in [3.8, 4) is 11.5 Å². The van der Waals surface area contributed by atoms with Gasteiger partial charge in [0.05, 0.1) is 31.6 Å². The average molecular weight is 1170 g/mol. The van der Waals surface area contributed by atoms with E-state index >= 15 is 14.4 Å². The van der Waals surface area contributed by atoms with Crippen LogP contribution in [0.2, 0.25) is 0 Å². The fraction of sp³-hybridized carbons (Fsp3) is 0.645. The number of carbonyl (C=O) groups is 10. The Balaban J connectivity index is 1.57. The van der Waals surface area contributed by atoms with E-state index in [0.717, 1.165) is 5.56 Å². The molecule has 0 aromatic heterocycles. The number of ketones is 1. The highest BCUT2D eigenvalue weighted by Crippen LogP contribution is 2.28. The topological polar surface area (TPSA) is 288 Å². The summed E-state index contributed by atoms with van der Waals surface area (Å²) >= 11 is 0. The lowest BCUT2D eigenvalue weighted by atomic mass is 9.92. The highest BCUT2D eigenvalue weighted by atomic mass is 16.6. The van der Waals surface area contributed by atoms with Gasteiger partial charge in [-0.15, -0.1) is 0 Å². The summed E-state index contributed by atoms with van der Waals surface area (Å²) in [5.74, 6) is -9.74. The molecule has 0 bridgehead atoms. The number of likely N-dealkylation sites (tertiary alicyclic amines) is 1. The SMILES string of the molecule is COc1ccc(C[C@H]2C(=O)O[C@H](C)[C@H](NC(=O)C(CC(C)C)N(C)C(=O)[C@@H]3CCCN3C(=O)CCc3ccc(O)cc3)C(=O)N[C@H](C(C)C)[C@@H](O)CC(=O)OC(C(C)C)C(=O)[C@H](C)C(=O)N[C@@H](CC(C)C)C(=O)N3CCC[C@H]3C(=O)N2C)cc1. The third kappa shape index (κ3) is 17.7. The Morgan fingerprint density at radius 3 is 2.02 bits per heavy atom. The molecule has 3 heterocycles. The zero-order chi connectivity index (χ0) is 62.4. The highest BCUT2D eigenvalue weighted by Gasteiger charge is 2.46. The molecule has 464 valence electrons. The summed E-state index contributed by atoms with van der Waals surface area (Å²) < 4.78 is 17.3. The minimum Gasteiger partial charge on any atom is -0.508 e. The molecule has 2 aromatic rings. The molecule has 84 heavy (non-hydrogen) atoms. The van der Waals surface area contributed by atoms with Crippen molar-refractivity contribution in [2.24, 2.45) is 29.6 Å². The number of hydrogen-bond acceptors (Lipinski definition) is 15. The molecule has 2 aromatic carbocycles. The Kier molecular flexibility index (Phi) is 24.7. The third-order valence-corrected chi connectivity index (χ3v) is 16.2. The van der Waals surface area contributed by atoms with Crippen molar-refractivity contribution in [3.05, 3.63) is 59.7 Å². The van der Waals surface area contributed by atoms with Gasteiger partial charge in [-0.3, -0.25) is 43.2 Å². The molecule has 5 N–H and O–H groups in total. The number of Topliss-reactive ketones (excluding diaryl/α,β-unsaturated/α-hetero) is 1. The number of benzene rings is 2. The summed E-state index contributed by atoms with van der Waals surface area (Å²) in [7, 11) is 4.35. The number of aryl methyl sites for hydroxylation is 1. The first kappa shape index (κ1) is 67.7. The number of esters is 2. The summed E-state index contributed by atoms with van der Waals surface area (Å²) in [6.45, 7) is 17.1. The minimum atomic E-state index is -1.76. The van der Waals surface area contributed by atoms with Crippen LogP contribution in [0.1, 0.15) is 132 Å². The number of rotatable bonds is 16. The quantitative estimate of drug-likeness (QED) is 0.118. The molecule has 0 spiro atoms. The maximum Gasteiger partial charge on any atom is 0.329 e. The molecule has 2 unspecified atom stereocenters. The lowest BCUT2D eigenvalue weighted by Crippen LogP contribution is -2.62. The van der Waals surface area contributed by atoms with E-state index in [4.69, 9.17) is 14.2 Å². The molecule has 22 heteroatoms. The first-order valence-corrected chi connectivity index (χ1v) is 29.6. The Labute approximate surface area is 494 Å². The maximum absolute atomic E-state index is 15.0. The van der Waals surface area contributed by atoms with Gasteiger partial charge in [-0.05, 0) is 118 Å². The van der Waals surface area contributed by atoms with Crippen molar-refractivity contribution in [1.82, 2.24) is 35.6 Å². The number of ether oxygens (including phenoxy) is 3. The van der Waals surface area contributed by atoms with Gasteiger partial charge in [0.1, 0.15) is 53.9 Å². The summed E-state index contributed by atoms with van der Waals surface area (Å²) in [5, 5.41) is 29.8. The molecule has 11 atom stereocenters. The Morgan fingerprint density at radius 1 is 0.798 bits per heavy atom. The van der Waals surface area contributed by atoms with Crippen molar-refractivity contribution >= 4 is 59.1 Å². The Morgan fingerprint density at radius 2 is 1.43 bits per heavy atom. The van der Waals surface area contributed by atoms with Crippen LogP contribution in [0.3, 0.4) is 0 Å². The molecule has 5 rings (SSSR count). The number of methoxy groups -OCH3 is 1. The van der Waals surface area contributed by atoms with Crippen molar-refractivity contribution in [1.29, 1.82) is 0 Å². The number of fused-ring (bicyclic) bond motifs is 1. The maximum atomic E-state index is 15.0. The molecule has 22 nitrogen and oxygen atoms in total. The number of likely N-dealkylation sites (N-methyl/N-ethyl adjacent to an activating group) is 2. The summed E-state index contributed by atoms with van der Waals surface area (Å²) in [4.78, 5) is 150. The van der Waals surface area contributed by atoms with E-state index in [1.807, 2.05) is 27.7 Å². The monoisotopic (exact) mass is 1170 g/mol. The molecule has 7 amide bonds. The molecular weight excluding hydrogens is 1080 g/mol. The first-order valence-electron chi connectivity index (χ1n) is 29.6. The number of phenolic OH excluding ortho intramolecular Hbond substituents is 1. The number of aliphatic hydroxyl groups excluding tert-OH is 1. The van der Waals surface area contributed by atoms with Crippen molar-refractivity contribution in [2.75, 3.05) is 34.3 Å². The number of phenols is 1. The van der Waals surface area contributed by atoms with Gasteiger partial charge in [-0.25, -0.2) is 4.79 Å². The standard InChI is InChI=1S/C62H91N7O15/c1-34(2)30-44-59(78)69-29-15-17-46(69)61(80)67(12)48(32-41-20-25-43(82-13)26-21-41)62(81)83-39(10)53(58(77)64-52(36(5)6)49(71)33-51(73)84-55(37(7)8)54(74)38(9)56(75)63-44)65-57(76)47(31-35(3)4)66(11)60(79)45-16-14-28-68(45)50(72)27-22-40-18-23-42(70)24-19-40/h18-21,23-26,34-39,44-49,52-53,55,70-71H,14-17,22,27-33H2,1-13H3,(H,63,75)(H,64,77)(H,65,76)/t38-,39+,44-,45-,46-,47?,48-,49-,52+,53-,55?/m0/s1. The lowest BCUT2D eigenvalue weighted by Gasteiger charge is -2.36. The fourth-order valence-electron chi connectivity index (χ4n) is 11.2. The Hall–Kier alpha value is -7.10. The van der Waals surface area contributed by atoms with Gasteiger partial charge >= 0.3 is 11.9 Å². The third-order valence-electron chi connectivity index (χ3n) is 16.2. The van der Waals surface area contributed by atoms with Crippen LogP contribution in [0.4, 0.5) is 0 Å². The van der Waals surface area contributed by atoms with Crippen LogP contribution >= 0.6 is 0 Å². The van der Waals surface area contributed by atoms with E-state index in [9.17, 15) is 43.8 Å². The van der Waals surface area contributed by atoms with Gasteiger partial charge in [0.2, 0.25) is 41.4 Å². The van der Waals surface area contributed by atoms with E-state index in [2.05, 4.69) is 16.0 Å². The number of nitrogens with zero attached hydrogens (tertiary/aromatic N) is 4. The predicted octanol–water partition coefficient (Wildman–Crippen LogP) is 3.88. The van der Waals surface area contributed by atoms with Gasteiger partial charge in [-0.1, -0.05) is 79.7 Å². The predicted molar refractivity (Wildman–Crippen MR) is 310 cm³/mol. The van der Waals surface area contributed by atoms with Crippen LogP contribution in [0.25, 0.3) is 0 Å². The van der Waals surface area contributed by atoms with E-state index < -0.39 is 138 Å². The van der Waals surface area contributed by atoms with Crippen molar-refractivity contribution in [2.45, 2.75) is 194 Å². The van der Waals surface area contributed by atoms with Gasteiger partial charge in [0.25, 0.3) is 0 Å². The van der Waals surface area contributed by atoms with E-state index in [0.29, 0.717) is 43.5 Å². The van der Waals surface area contributed by atoms with Crippen molar-refractivity contribution in [3.63, 3.8) is 0 Å². The van der Waals surface area contributed by atoms with E-state index in [-0.39, 0.29) is 62.1 Å². The average Bonchev–Trinajstić information content (AvgIpc) is 3.45. The van der Waals surface area contributed by atoms with Crippen LogP contribution < -0.4 is 20.7 Å². The lowest BCUT2D eigenvalue weighted by molar-refractivity contribution is -0.163. The Bertz CT molecular complexity index is 2650. The van der Waals surface area contributed by atoms with Crippen LogP contribution in [0.5, 0.6) is 11.5 Å². The molecule has 0 saturated carbocycles. The molecule has 0 aliphatic carbocycles. The second kappa shape index (κ2) is 30.6. The minimum absolute atomic E-state index is 0.0894. The fourth-order valence-corrected chi connectivity index (χ4v) is 11.2. The number of nitrogens with one attached hydrogen (secondary N) is 3. The van der Waals surface area contributed by atoms with Gasteiger partial charge < -0.3 is 60.0 Å². The van der Waals surface area contributed by atoms with Crippen LogP contribution in [0.15, 0.2) is 48.5 Å². The molecule has 3 aliphatic heterocycles. The van der Waals surface area contributed by atoms with Gasteiger partial charge in [0.15, 0.2) is 11.9 Å². The summed E-state index contributed by atoms with van der Waals surface area (Å²) in [5.41, 5.74) is 1.39. The van der Waals surface area contributed by atoms with Crippen LogP contribution in [0, 0.1) is 29.6 Å². The van der Waals surface area contributed by atoms with Crippen LogP contribution in [-0.4, -0.2) is 184 Å². The van der Waals surface area contributed by atoms with E-state index in [1.165, 1.54) is 66.8 Å². The number of carbonyl (C=O) groups excluding carboxylic acids is 10. The van der Waals surface area contributed by atoms with Gasteiger partial charge in [-0.2, -0.15) is 0 Å². The number of cyclic esters (lactones) is 2. The zero-order valence-corrected chi connectivity index (χ0v) is 51.3.